The molecule has 1 N–H and O–H groups in total. The van der Waals surface area contributed by atoms with Crippen molar-refractivity contribution in [3.63, 3.8) is 0 Å². The van der Waals surface area contributed by atoms with Crippen LogP contribution in [0, 0.1) is 5.92 Å². The number of rotatable bonds is 7. The predicted molar refractivity (Wildman–Crippen MR) is 132 cm³/mol. The Hall–Kier alpha value is -3.19. The molecule has 7 heteroatoms. The Bertz CT molecular complexity index is 1190. The van der Waals surface area contributed by atoms with Crippen LogP contribution in [-0.2, 0) is 17.8 Å². The summed E-state index contributed by atoms with van der Waals surface area (Å²) >= 11 is 1.43. The van der Waals surface area contributed by atoms with Crippen molar-refractivity contribution in [2.45, 2.75) is 51.8 Å². The van der Waals surface area contributed by atoms with Crippen molar-refractivity contribution in [2.75, 3.05) is 6.54 Å². The lowest BCUT2D eigenvalue weighted by atomic mass is 9.87. The number of nitrogens with one attached hydrogen (secondary N) is 1. The Morgan fingerprint density at radius 2 is 1.97 bits per heavy atom. The summed E-state index contributed by atoms with van der Waals surface area (Å²) in [7, 11) is 0. The van der Waals surface area contributed by atoms with Gasteiger partial charge in [0, 0.05) is 23.9 Å². The van der Waals surface area contributed by atoms with Crippen molar-refractivity contribution in [2.24, 2.45) is 5.92 Å². The summed E-state index contributed by atoms with van der Waals surface area (Å²) in [6, 6.07) is 16.5. The Morgan fingerprint density at radius 3 is 2.71 bits per heavy atom. The Kier molecular flexibility index (Phi) is 6.37. The summed E-state index contributed by atoms with van der Waals surface area (Å²) < 4.78 is 6.08. The molecule has 3 aromatic rings. The molecule has 1 atom stereocenters. The quantitative estimate of drug-likeness (QED) is 0.536. The van der Waals surface area contributed by atoms with Crippen molar-refractivity contribution >= 4 is 23.2 Å². The molecule has 0 saturated heterocycles. The van der Waals surface area contributed by atoms with Crippen LogP contribution >= 0.6 is 11.3 Å². The molecule has 1 aromatic heterocycles. The fourth-order valence-electron chi connectivity index (χ4n) is 4.36. The summed E-state index contributed by atoms with van der Waals surface area (Å²) in [5.41, 5.74) is 3.89. The highest BCUT2D eigenvalue weighted by Gasteiger charge is 2.33. The van der Waals surface area contributed by atoms with Gasteiger partial charge in [0.1, 0.15) is 23.1 Å². The van der Waals surface area contributed by atoms with E-state index in [0.717, 1.165) is 41.1 Å². The minimum absolute atomic E-state index is 0.0663. The number of carbonyl (C=O) groups excluding carboxylic acids is 2. The lowest BCUT2D eigenvalue weighted by molar-refractivity contribution is -0.136. The third-order valence-corrected chi connectivity index (χ3v) is 7.12. The fraction of sp³-hybridized carbons (Fsp3) is 0.370. The molecule has 0 radical (unpaired) electrons. The Morgan fingerprint density at radius 1 is 1.18 bits per heavy atom. The van der Waals surface area contributed by atoms with Gasteiger partial charge in [-0.3, -0.25) is 9.59 Å². The van der Waals surface area contributed by atoms with Crippen LogP contribution in [0.2, 0.25) is 0 Å². The van der Waals surface area contributed by atoms with Gasteiger partial charge in [-0.05, 0) is 48.1 Å². The first-order chi connectivity index (χ1) is 16.5. The van der Waals surface area contributed by atoms with Crippen molar-refractivity contribution < 1.29 is 14.3 Å². The summed E-state index contributed by atoms with van der Waals surface area (Å²) in [5, 5.41) is 5.51. The first-order valence-electron chi connectivity index (χ1n) is 11.9. The van der Waals surface area contributed by atoms with E-state index in [-0.39, 0.29) is 23.8 Å². The maximum Gasteiger partial charge on any atom is 0.270 e. The second-order valence-electron chi connectivity index (χ2n) is 9.27. The molecule has 6 nitrogen and oxygen atoms in total. The van der Waals surface area contributed by atoms with E-state index in [4.69, 9.17) is 4.74 Å². The zero-order valence-electron chi connectivity index (χ0n) is 19.5. The molecule has 0 spiro atoms. The topological polar surface area (TPSA) is 71.5 Å². The van der Waals surface area contributed by atoms with Crippen LogP contribution in [0.4, 0.5) is 0 Å². The summed E-state index contributed by atoms with van der Waals surface area (Å²) in [4.78, 5) is 31.7. The van der Waals surface area contributed by atoms with E-state index in [0.29, 0.717) is 24.9 Å². The van der Waals surface area contributed by atoms with Gasteiger partial charge >= 0.3 is 0 Å². The van der Waals surface area contributed by atoms with Gasteiger partial charge < -0.3 is 15.0 Å². The molecule has 34 heavy (non-hydrogen) atoms. The van der Waals surface area contributed by atoms with Gasteiger partial charge in [0.2, 0.25) is 5.91 Å². The summed E-state index contributed by atoms with van der Waals surface area (Å²) in [6.07, 6.45) is 2.92. The molecule has 1 aliphatic carbocycles. The third kappa shape index (κ3) is 4.85. The first-order valence-corrected chi connectivity index (χ1v) is 12.7. The number of thiazole rings is 1. The van der Waals surface area contributed by atoms with Crippen LogP contribution in [0.1, 0.15) is 64.9 Å². The molecule has 2 aliphatic rings. The number of benzene rings is 2. The Balaban J connectivity index is 1.36. The molecule has 5 rings (SSSR count). The minimum atomic E-state index is -0.138. The summed E-state index contributed by atoms with van der Waals surface area (Å²) in [5.74, 6) is 0.714. The monoisotopic (exact) mass is 475 g/mol. The van der Waals surface area contributed by atoms with Crippen LogP contribution in [0.3, 0.4) is 0 Å². The highest BCUT2D eigenvalue weighted by Crippen LogP contribution is 2.38. The molecule has 1 fully saturated rings. The highest BCUT2D eigenvalue weighted by molar-refractivity contribution is 7.09. The standard InChI is InChI=1S/C27H29N3O3S/c1-17(2)27(32)30-13-12-18-8-11-21(14-22(18)25(30)19-6-4-3-5-7-19)33-15-24-29-23(16-34-24)26(31)28-20-9-10-20/h3-8,11,14,16-17,20,25H,9-10,12-13,15H2,1-2H3,(H,28,31)/t25-/m1/s1. The number of amides is 2. The van der Waals surface area contributed by atoms with E-state index < -0.39 is 0 Å². The van der Waals surface area contributed by atoms with Crippen LogP contribution < -0.4 is 10.1 Å². The second kappa shape index (κ2) is 9.58. The van der Waals surface area contributed by atoms with Gasteiger partial charge in [0.15, 0.2) is 0 Å². The normalized spacial score (nSPS) is 17.4. The van der Waals surface area contributed by atoms with Crippen LogP contribution in [-0.4, -0.2) is 34.3 Å². The SMILES string of the molecule is CC(C)C(=O)N1CCc2ccc(OCc3nc(C(=O)NC4CC4)cs3)cc2[C@H]1c1ccccc1. The third-order valence-electron chi connectivity index (χ3n) is 6.30. The predicted octanol–water partition coefficient (Wildman–Crippen LogP) is 4.74. The molecule has 2 heterocycles. The number of ether oxygens (including phenoxy) is 1. The minimum Gasteiger partial charge on any atom is -0.486 e. The van der Waals surface area contributed by atoms with Crippen LogP contribution in [0.15, 0.2) is 53.9 Å². The Labute approximate surface area is 204 Å². The average Bonchev–Trinajstić information content (AvgIpc) is 3.54. The number of hydrogen-bond donors (Lipinski definition) is 1. The number of aromatic nitrogens is 1. The largest absolute Gasteiger partial charge is 0.486 e. The zero-order valence-corrected chi connectivity index (χ0v) is 20.3. The van der Waals surface area contributed by atoms with Crippen molar-refractivity contribution in [1.29, 1.82) is 0 Å². The molecule has 2 aromatic carbocycles. The lowest BCUT2D eigenvalue weighted by Crippen LogP contribution is -2.42. The lowest BCUT2D eigenvalue weighted by Gasteiger charge is -2.39. The molecule has 2 amide bonds. The van der Waals surface area contributed by atoms with Crippen LogP contribution in [0.5, 0.6) is 5.75 Å². The van der Waals surface area contributed by atoms with Crippen molar-refractivity contribution in [1.82, 2.24) is 15.2 Å². The van der Waals surface area contributed by atoms with Gasteiger partial charge in [0.25, 0.3) is 5.91 Å². The van der Waals surface area contributed by atoms with Gasteiger partial charge in [-0.15, -0.1) is 11.3 Å². The van der Waals surface area contributed by atoms with Gasteiger partial charge in [-0.25, -0.2) is 4.98 Å². The molecule has 0 bridgehead atoms. The molecule has 176 valence electrons. The number of hydrogen-bond acceptors (Lipinski definition) is 5. The van der Waals surface area contributed by atoms with E-state index in [2.05, 4.69) is 34.6 Å². The molecular weight excluding hydrogens is 446 g/mol. The van der Waals surface area contributed by atoms with Crippen LogP contribution in [0.25, 0.3) is 0 Å². The van der Waals surface area contributed by atoms with Crippen molar-refractivity contribution in [3.8, 4) is 5.75 Å². The molecule has 0 unspecified atom stereocenters. The van der Waals surface area contributed by atoms with E-state index in [1.54, 1.807) is 5.38 Å². The molecular formula is C27H29N3O3S. The molecule has 1 aliphatic heterocycles. The average molecular weight is 476 g/mol. The van der Waals surface area contributed by atoms with E-state index in [1.807, 2.05) is 43.0 Å². The van der Waals surface area contributed by atoms with Gasteiger partial charge in [-0.1, -0.05) is 50.2 Å². The second-order valence-corrected chi connectivity index (χ2v) is 10.2. The van der Waals surface area contributed by atoms with Crippen molar-refractivity contribution in [3.05, 3.63) is 81.3 Å². The molecule has 1 saturated carbocycles. The smallest absolute Gasteiger partial charge is 0.270 e. The number of carbonyl (C=O) groups is 2. The van der Waals surface area contributed by atoms with Gasteiger partial charge in [0.05, 0.1) is 6.04 Å². The maximum atomic E-state index is 13.1. The number of fused-ring (bicyclic) bond motifs is 1. The van der Waals surface area contributed by atoms with E-state index >= 15 is 0 Å². The maximum absolute atomic E-state index is 13.1. The fourth-order valence-corrected chi connectivity index (χ4v) is 5.05. The highest BCUT2D eigenvalue weighted by atomic mass is 32.1. The first kappa shape index (κ1) is 22.6. The zero-order chi connectivity index (χ0) is 23.7. The summed E-state index contributed by atoms with van der Waals surface area (Å²) in [6.45, 7) is 4.90. The van der Waals surface area contributed by atoms with E-state index in [9.17, 15) is 9.59 Å². The van der Waals surface area contributed by atoms with E-state index in [1.165, 1.54) is 16.9 Å². The van der Waals surface area contributed by atoms with Gasteiger partial charge in [-0.2, -0.15) is 0 Å². The number of nitrogens with zero attached hydrogens (tertiary/aromatic N) is 2.